The minimum Gasteiger partial charge on any atom is -0.376 e. The largest absolute Gasteiger partial charge is 0.376 e. The molecule has 6 heteroatoms. The fourth-order valence-electron chi connectivity index (χ4n) is 3.70. The maximum atomic E-state index is 13.2. The maximum absolute atomic E-state index is 13.2. The van der Waals surface area contributed by atoms with Crippen LogP contribution in [-0.2, 0) is 9.53 Å². The summed E-state index contributed by atoms with van der Waals surface area (Å²) in [5.41, 5.74) is 3.22. The van der Waals surface area contributed by atoms with Gasteiger partial charge in [-0.3, -0.25) is 9.59 Å². The van der Waals surface area contributed by atoms with E-state index in [0.29, 0.717) is 12.1 Å². The molecule has 4 rings (SSSR count). The molecule has 0 aromatic heterocycles. The number of hydrogen-bond donors (Lipinski definition) is 2. The average molecular weight is 365 g/mol. The molecule has 2 aromatic rings. The van der Waals surface area contributed by atoms with Crippen LogP contribution in [0.3, 0.4) is 0 Å². The standard InChI is InChI=1S/C21H23N3O3/c1-14(25)22-16-10-8-15(9-11-16)20-23-19-7-3-2-6-18(19)21(26)24(20)13-17-5-4-12-27-17/h2-3,6-11,17,20,23H,4-5,12-13H2,1H3,(H,22,25). The van der Waals surface area contributed by atoms with Crippen LogP contribution in [0.5, 0.6) is 0 Å². The Balaban J connectivity index is 1.65. The van der Waals surface area contributed by atoms with Gasteiger partial charge < -0.3 is 20.3 Å². The Labute approximate surface area is 158 Å². The van der Waals surface area contributed by atoms with E-state index in [9.17, 15) is 9.59 Å². The van der Waals surface area contributed by atoms with Crippen molar-refractivity contribution in [2.24, 2.45) is 0 Å². The van der Waals surface area contributed by atoms with Gasteiger partial charge in [0, 0.05) is 31.5 Å². The van der Waals surface area contributed by atoms with Gasteiger partial charge in [-0.25, -0.2) is 0 Å². The predicted molar refractivity (Wildman–Crippen MR) is 104 cm³/mol. The number of benzene rings is 2. The summed E-state index contributed by atoms with van der Waals surface area (Å²) in [6, 6.07) is 15.2. The summed E-state index contributed by atoms with van der Waals surface area (Å²) in [5.74, 6) is -0.0987. The number of para-hydroxylation sites is 1. The fourth-order valence-corrected chi connectivity index (χ4v) is 3.70. The van der Waals surface area contributed by atoms with Gasteiger partial charge in [-0.2, -0.15) is 0 Å². The molecule has 2 amide bonds. The Morgan fingerprint density at radius 3 is 2.70 bits per heavy atom. The van der Waals surface area contributed by atoms with Gasteiger partial charge in [0.2, 0.25) is 5.91 Å². The number of rotatable bonds is 4. The molecule has 2 N–H and O–H groups in total. The molecule has 0 bridgehead atoms. The first kappa shape index (κ1) is 17.5. The van der Waals surface area contributed by atoms with E-state index in [-0.39, 0.29) is 24.1 Å². The Hall–Kier alpha value is -2.86. The highest BCUT2D eigenvalue weighted by atomic mass is 16.5. The molecule has 27 heavy (non-hydrogen) atoms. The van der Waals surface area contributed by atoms with Crippen LogP contribution in [0, 0.1) is 0 Å². The predicted octanol–water partition coefficient (Wildman–Crippen LogP) is 3.39. The van der Waals surface area contributed by atoms with Gasteiger partial charge in [0.1, 0.15) is 6.17 Å². The van der Waals surface area contributed by atoms with Gasteiger partial charge in [0.05, 0.1) is 11.7 Å². The number of ether oxygens (including phenoxy) is 1. The fraction of sp³-hybridized carbons (Fsp3) is 0.333. The molecule has 0 radical (unpaired) electrons. The smallest absolute Gasteiger partial charge is 0.257 e. The Bertz CT molecular complexity index is 844. The Morgan fingerprint density at radius 1 is 1.22 bits per heavy atom. The first-order chi connectivity index (χ1) is 13.1. The molecule has 0 spiro atoms. The van der Waals surface area contributed by atoms with Gasteiger partial charge >= 0.3 is 0 Å². The Kier molecular flexibility index (Phi) is 4.81. The molecule has 1 saturated heterocycles. The number of nitrogens with one attached hydrogen (secondary N) is 2. The van der Waals surface area contributed by atoms with Gasteiger partial charge in [0.15, 0.2) is 0 Å². The number of amides is 2. The van der Waals surface area contributed by atoms with E-state index in [2.05, 4.69) is 10.6 Å². The third kappa shape index (κ3) is 3.66. The van der Waals surface area contributed by atoms with Crippen molar-refractivity contribution in [3.05, 3.63) is 59.7 Å². The summed E-state index contributed by atoms with van der Waals surface area (Å²) in [6.07, 6.45) is 1.80. The topological polar surface area (TPSA) is 70.7 Å². The summed E-state index contributed by atoms with van der Waals surface area (Å²) >= 11 is 0. The van der Waals surface area contributed by atoms with Gasteiger partial charge in [-0.05, 0) is 42.7 Å². The number of carbonyl (C=O) groups excluding carboxylic acids is 2. The number of carbonyl (C=O) groups is 2. The lowest BCUT2D eigenvalue weighted by atomic mass is 10.0. The van der Waals surface area contributed by atoms with E-state index < -0.39 is 0 Å². The van der Waals surface area contributed by atoms with E-state index in [1.54, 1.807) is 0 Å². The molecule has 2 aliphatic rings. The van der Waals surface area contributed by atoms with Crippen molar-refractivity contribution >= 4 is 23.2 Å². The van der Waals surface area contributed by atoms with Gasteiger partial charge in [0.25, 0.3) is 5.91 Å². The van der Waals surface area contributed by atoms with Crippen LogP contribution in [0.15, 0.2) is 48.5 Å². The number of nitrogens with zero attached hydrogens (tertiary/aromatic N) is 1. The lowest BCUT2D eigenvalue weighted by molar-refractivity contribution is -0.114. The zero-order chi connectivity index (χ0) is 18.8. The second-order valence-electron chi connectivity index (χ2n) is 6.99. The van der Waals surface area contributed by atoms with E-state index in [1.165, 1.54) is 6.92 Å². The van der Waals surface area contributed by atoms with Crippen LogP contribution in [0.4, 0.5) is 11.4 Å². The minimum absolute atomic E-state index is 0.00999. The second-order valence-corrected chi connectivity index (χ2v) is 6.99. The van der Waals surface area contributed by atoms with Crippen LogP contribution in [0.2, 0.25) is 0 Å². The van der Waals surface area contributed by atoms with Crippen LogP contribution in [-0.4, -0.2) is 36.0 Å². The molecule has 2 heterocycles. The van der Waals surface area contributed by atoms with Crippen LogP contribution < -0.4 is 10.6 Å². The molecule has 6 nitrogen and oxygen atoms in total. The minimum atomic E-state index is -0.275. The molecule has 1 fully saturated rings. The number of hydrogen-bond acceptors (Lipinski definition) is 4. The van der Waals surface area contributed by atoms with Gasteiger partial charge in [-0.15, -0.1) is 0 Å². The van der Waals surface area contributed by atoms with E-state index >= 15 is 0 Å². The van der Waals surface area contributed by atoms with Crippen LogP contribution in [0.25, 0.3) is 0 Å². The number of fused-ring (bicyclic) bond motifs is 1. The summed E-state index contributed by atoms with van der Waals surface area (Å²) in [7, 11) is 0. The van der Waals surface area contributed by atoms with Crippen LogP contribution in [0.1, 0.15) is 41.9 Å². The monoisotopic (exact) mass is 365 g/mol. The molecule has 2 atom stereocenters. The van der Waals surface area contributed by atoms with Crippen molar-refractivity contribution in [3.8, 4) is 0 Å². The molecule has 2 aromatic carbocycles. The normalized spacial score (nSPS) is 21.5. The molecule has 0 aliphatic carbocycles. The Morgan fingerprint density at radius 2 is 2.00 bits per heavy atom. The van der Waals surface area contributed by atoms with Crippen molar-refractivity contribution < 1.29 is 14.3 Å². The lowest BCUT2D eigenvalue weighted by Crippen LogP contribution is -2.46. The highest BCUT2D eigenvalue weighted by Crippen LogP contribution is 2.34. The van der Waals surface area contributed by atoms with E-state index in [1.807, 2.05) is 53.4 Å². The third-order valence-electron chi connectivity index (χ3n) is 4.99. The molecule has 2 unspecified atom stereocenters. The average Bonchev–Trinajstić information content (AvgIpc) is 3.17. The summed E-state index contributed by atoms with van der Waals surface area (Å²) in [5, 5.41) is 6.26. The maximum Gasteiger partial charge on any atom is 0.257 e. The van der Waals surface area contributed by atoms with Crippen molar-refractivity contribution in [2.75, 3.05) is 23.8 Å². The van der Waals surface area contributed by atoms with E-state index in [0.717, 1.165) is 36.4 Å². The first-order valence-corrected chi connectivity index (χ1v) is 9.27. The SMILES string of the molecule is CC(=O)Nc1ccc(C2Nc3ccccc3C(=O)N2CC2CCCO2)cc1. The first-order valence-electron chi connectivity index (χ1n) is 9.27. The third-order valence-corrected chi connectivity index (χ3v) is 4.99. The van der Waals surface area contributed by atoms with Crippen molar-refractivity contribution in [3.63, 3.8) is 0 Å². The zero-order valence-corrected chi connectivity index (χ0v) is 15.3. The number of anilines is 2. The van der Waals surface area contributed by atoms with Crippen molar-refractivity contribution in [1.29, 1.82) is 0 Å². The summed E-state index contributed by atoms with van der Waals surface area (Å²) in [4.78, 5) is 26.3. The molecule has 2 aliphatic heterocycles. The van der Waals surface area contributed by atoms with Crippen LogP contribution >= 0.6 is 0 Å². The summed E-state index contributed by atoms with van der Waals surface area (Å²) < 4.78 is 5.77. The highest BCUT2D eigenvalue weighted by Gasteiger charge is 2.35. The van der Waals surface area contributed by atoms with Crippen molar-refractivity contribution in [2.45, 2.75) is 32.0 Å². The molecular formula is C21H23N3O3. The van der Waals surface area contributed by atoms with E-state index in [4.69, 9.17) is 4.74 Å². The quantitative estimate of drug-likeness (QED) is 0.871. The lowest BCUT2D eigenvalue weighted by Gasteiger charge is -2.39. The summed E-state index contributed by atoms with van der Waals surface area (Å²) in [6.45, 7) is 2.79. The zero-order valence-electron chi connectivity index (χ0n) is 15.3. The molecule has 140 valence electrons. The molecular weight excluding hydrogens is 342 g/mol. The second kappa shape index (κ2) is 7.40. The molecule has 0 saturated carbocycles. The van der Waals surface area contributed by atoms with Gasteiger partial charge in [-0.1, -0.05) is 24.3 Å². The highest BCUT2D eigenvalue weighted by molar-refractivity contribution is 6.01. The van der Waals surface area contributed by atoms with Crippen molar-refractivity contribution in [1.82, 2.24) is 4.90 Å².